The van der Waals surface area contributed by atoms with Gasteiger partial charge in [-0.1, -0.05) is 45.9 Å². The van der Waals surface area contributed by atoms with Crippen LogP contribution in [0.2, 0.25) is 0 Å². The first-order valence-corrected chi connectivity index (χ1v) is 10.4. The lowest BCUT2D eigenvalue weighted by molar-refractivity contribution is -0.136. The second-order valence-corrected chi connectivity index (χ2v) is 9.35. The monoisotopic (exact) mass is 422 g/mol. The molecule has 2 amide bonds. The van der Waals surface area contributed by atoms with Crippen LogP contribution in [0.4, 0.5) is 5.69 Å². The van der Waals surface area contributed by atoms with Crippen molar-refractivity contribution in [2.45, 2.75) is 57.9 Å². The molecule has 1 aliphatic rings. The van der Waals surface area contributed by atoms with E-state index in [4.69, 9.17) is 0 Å². The minimum absolute atomic E-state index is 0.0181. The van der Waals surface area contributed by atoms with Gasteiger partial charge in [0.2, 0.25) is 0 Å². The number of nitrogens with one attached hydrogen (secondary N) is 2. The number of methoxy groups -OCH3 is 1. The molecule has 0 spiro atoms. The van der Waals surface area contributed by atoms with Crippen molar-refractivity contribution < 1.29 is 19.1 Å². The van der Waals surface area contributed by atoms with Crippen LogP contribution in [-0.2, 0) is 31.7 Å². The molecule has 0 bridgehead atoms. The van der Waals surface area contributed by atoms with E-state index in [1.807, 2.05) is 12.1 Å². The fourth-order valence-electron chi connectivity index (χ4n) is 3.99. The van der Waals surface area contributed by atoms with Gasteiger partial charge in [0.25, 0.3) is 0 Å². The molecule has 31 heavy (non-hydrogen) atoms. The number of carbonyl (C=O) groups excluding carboxylic acids is 3. The van der Waals surface area contributed by atoms with E-state index in [9.17, 15) is 14.4 Å². The molecule has 0 saturated carbocycles. The Morgan fingerprint density at radius 2 is 1.48 bits per heavy atom. The van der Waals surface area contributed by atoms with Gasteiger partial charge in [-0.2, -0.15) is 0 Å². The van der Waals surface area contributed by atoms with Gasteiger partial charge < -0.3 is 15.4 Å². The summed E-state index contributed by atoms with van der Waals surface area (Å²) in [6, 6.07) is 12.6. The number of amides is 2. The molecule has 3 rings (SSSR count). The average Bonchev–Trinajstić information content (AvgIpc) is 2.75. The maximum atomic E-state index is 12.4. The largest absolute Gasteiger partial charge is 0.465 e. The Labute approximate surface area is 183 Å². The molecule has 2 N–H and O–H groups in total. The molecule has 0 unspecified atom stereocenters. The lowest BCUT2D eigenvalue weighted by Gasteiger charge is -2.42. The number of hydrogen-bond donors (Lipinski definition) is 2. The highest BCUT2D eigenvalue weighted by Gasteiger charge is 2.37. The van der Waals surface area contributed by atoms with Crippen LogP contribution in [0.1, 0.15) is 67.6 Å². The quantitative estimate of drug-likeness (QED) is 0.574. The van der Waals surface area contributed by atoms with Crippen molar-refractivity contribution in [1.82, 2.24) is 5.32 Å². The Bertz CT molecular complexity index is 1010. The number of carbonyl (C=O) groups is 3. The van der Waals surface area contributed by atoms with Gasteiger partial charge in [0.05, 0.1) is 12.7 Å². The minimum Gasteiger partial charge on any atom is -0.465 e. The number of rotatable bonds is 4. The maximum Gasteiger partial charge on any atom is 0.337 e. The first-order valence-electron chi connectivity index (χ1n) is 10.4. The number of anilines is 1. The van der Waals surface area contributed by atoms with Gasteiger partial charge in [-0.3, -0.25) is 9.59 Å². The highest BCUT2D eigenvalue weighted by Crippen LogP contribution is 2.46. The molecule has 0 heterocycles. The van der Waals surface area contributed by atoms with E-state index in [-0.39, 0.29) is 17.4 Å². The van der Waals surface area contributed by atoms with Crippen molar-refractivity contribution in [3.05, 3.63) is 64.7 Å². The summed E-state index contributed by atoms with van der Waals surface area (Å²) >= 11 is 0. The molecule has 1 aliphatic carbocycles. The Kier molecular flexibility index (Phi) is 6.20. The van der Waals surface area contributed by atoms with Crippen LogP contribution >= 0.6 is 0 Å². The summed E-state index contributed by atoms with van der Waals surface area (Å²) in [7, 11) is 1.32. The first-order chi connectivity index (χ1) is 14.5. The van der Waals surface area contributed by atoms with Gasteiger partial charge in [-0.25, -0.2) is 4.79 Å². The van der Waals surface area contributed by atoms with Gasteiger partial charge in [0.1, 0.15) is 0 Å². The van der Waals surface area contributed by atoms with Gasteiger partial charge >= 0.3 is 17.8 Å². The van der Waals surface area contributed by atoms with Crippen LogP contribution in [0.3, 0.4) is 0 Å². The molecule has 0 saturated heterocycles. The predicted octanol–water partition coefficient (Wildman–Crippen LogP) is 4.08. The van der Waals surface area contributed by atoms with E-state index in [1.165, 1.54) is 18.2 Å². The van der Waals surface area contributed by atoms with E-state index in [1.54, 1.807) is 24.3 Å². The summed E-state index contributed by atoms with van der Waals surface area (Å²) in [6.07, 6.45) is 2.18. The Hall–Kier alpha value is -3.15. The first kappa shape index (κ1) is 22.5. The zero-order valence-corrected chi connectivity index (χ0v) is 18.8. The zero-order valence-electron chi connectivity index (χ0n) is 18.8. The maximum absolute atomic E-state index is 12.4. The van der Waals surface area contributed by atoms with E-state index in [2.05, 4.69) is 49.1 Å². The van der Waals surface area contributed by atoms with Crippen LogP contribution in [0.25, 0.3) is 0 Å². The van der Waals surface area contributed by atoms with Crippen LogP contribution in [0, 0.1) is 0 Å². The lowest BCUT2D eigenvalue weighted by Crippen LogP contribution is -2.36. The Morgan fingerprint density at radius 1 is 0.871 bits per heavy atom. The molecular formula is C25H30N2O4. The summed E-state index contributed by atoms with van der Waals surface area (Å²) in [5.74, 6) is -1.85. The number of fused-ring (bicyclic) bond motifs is 1. The third-order valence-corrected chi connectivity index (χ3v) is 6.15. The van der Waals surface area contributed by atoms with Crippen LogP contribution in [-0.4, -0.2) is 24.9 Å². The van der Waals surface area contributed by atoms with Gasteiger partial charge in [-0.05, 0) is 64.6 Å². The minimum atomic E-state index is -0.714. The van der Waals surface area contributed by atoms with Crippen LogP contribution in [0.15, 0.2) is 42.5 Å². The van der Waals surface area contributed by atoms with Crippen molar-refractivity contribution in [2.24, 2.45) is 0 Å². The van der Waals surface area contributed by atoms with Gasteiger partial charge in [0.15, 0.2) is 0 Å². The van der Waals surface area contributed by atoms with Crippen molar-refractivity contribution in [1.29, 1.82) is 0 Å². The highest BCUT2D eigenvalue weighted by molar-refractivity contribution is 6.39. The van der Waals surface area contributed by atoms with Crippen molar-refractivity contribution in [3.63, 3.8) is 0 Å². The molecule has 0 aliphatic heterocycles. The topological polar surface area (TPSA) is 84.5 Å². The third kappa shape index (κ3) is 4.95. The second-order valence-electron chi connectivity index (χ2n) is 9.35. The molecular weight excluding hydrogens is 392 g/mol. The lowest BCUT2D eigenvalue weighted by atomic mass is 9.63. The fraction of sp³-hybridized carbons (Fsp3) is 0.400. The molecule has 0 atom stereocenters. The van der Waals surface area contributed by atoms with Gasteiger partial charge in [-0.15, -0.1) is 0 Å². The molecule has 0 radical (unpaired) electrons. The van der Waals surface area contributed by atoms with E-state index >= 15 is 0 Å². The number of ether oxygens (including phenoxy) is 1. The average molecular weight is 423 g/mol. The summed E-state index contributed by atoms with van der Waals surface area (Å²) < 4.78 is 4.66. The van der Waals surface area contributed by atoms with Crippen molar-refractivity contribution in [3.8, 4) is 0 Å². The second kappa shape index (κ2) is 8.53. The summed E-state index contributed by atoms with van der Waals surface area (Å²) in [5.41, 5.74) is 4.43. The number of esters is 1. The molecule has 0 fully saturated rings. The van der Waals surface area contributed by atoms with Crippen LogP contribution < -0.4 is 10.6 Å². The molecule has 164 valence electrons. The zero-order chi connectivity index (χ0) is 22.8. The third-order valence-electron chi connectivity index (χ3n) is 6.15. The molecule has 6 nitrogen and oxygen atoms in total. The predicted molar refractivity (Wildman–Crippen MR) is 120 cm³/mol. The van der Waals surface area contributed by atoms with E-state index < -0.39 is 17.8 Å². The normalized spacial score (nSPS) is 16.0. The summed E-state index contributed by atoms with van der Waals surface area (Å²) in [5, 5.41) is 5.32. The Balaban J connectivity index is 1.64. The Morgan fingerprint density at radius 3 is 2.10 bits per heavy atom. The van der Waals surface area contributed by atoms with Crippen molar-refractivity contribution in [2.75, 3.05) is 12.4 Å². The van der Waals surface area contributed by atoms with Crippen LogP contribution in [0.5, 0.6) is 0 Å². The molecule has 6 heteroatoms. The number of benzene rings is 2. The van der Waals surface area contributed by atoms with Gasteiger partial charge in [0, 0.05) is 12.2 Å². The number of hydrogen-bond acceptors (Lipinski definition) is 4. The molecule has 2 aromatic rings. The van der Waals surface area contributed by atoms with E-state index in [0.717, 1.165) is 18.4 Å². The summed E-state index contributed by atoms with van der Waals surface area (Å²) in [4.78, 5) is 36.1. The fourth-order valence-corrected chi connectivity index (χ4v) is 3.99. The molecule has 2 aromatic carbocycles. The van der Waals surface area contributed by atoms with E-state index in [0.29, 0.717) is 11.3 Å². The van der Waals surface area contributed by atoms with Crippen molar-refractivity contribution >= 4 is 23.5 Å². The highest BCUT2D eigenvalue weighted by atomic mass is 16.5. The SMILES string of the molecule is COC(=O)c1ccc(CNC(=O)C(=O)Nc2ccc3c(c2)C(C)(C)CCC3(C)C)cc1. The molecule has 0 aromatic heterocycles. The summed E-state index contributed by atoms with van der Waals surface area (Å²) in [6.45, 7) is 9.09. The standard InChI is InChI=1S/C25H30N2O4/c1-24(2)12-13-25(3,4)20-14-18(10-11-19(20)24)27-22(29)21(28)26-15-16-6-8-17(9-7-16)23(30)31-5/h6-11,14H,12-13,15H2,1-5H3,(H,26,28)(H,27,29). The smallest absolute Gasteiger partial charge is 0.337 e.